The van der Waals surface area contributed by atoms with Crippen LogP contribution in [0.15, 0.2) is 59.5 Å². The molecule has 6 heteroatoms. The molecule has 2 atom stereocenters. The van der Waals surface area contributed by atoms with Crippen molar-refractivity contribution < 1.29 is 14.3 Å². The van der Waals surface area contributed by atoms with Crippen LogP contribution in [0.25, 0.3) is 0 Å². The Hall–Kier alpha value is -2.47. The second-order valence-electron chi connectivity index (χ2n) is 6.56. The second kappa shape index (κ2) is 9.46. The molecule has 0 radical (unpaired) electrons. The zero-order valence-corrected chi connectivity index (χ0v) is 16.1. The lowest BCUT2D eigenvalue weighted by atomic mass is 9.92. The van der Waals surface area contributed by atoms with E-state index in [4.69, 9.17) is 4.74 Å². The highest BCUT2D eigenvalue weighted by molar-refractivity contribution is 7.98. The van der Waals surface area contributed by atoms with Crippen molar-refractivity contribution in [3.05, 3.63) is 60.2 Å². The van der Waals surface area contributed by atoms with Gasteiger partial charge in [-0.25, -0.2) is 4.79 Å². The van der Waals surface area contributed by atoms with E-state index in [9.17, 15) is 9.59 Å². The van der Waals surface area contributed by atoms with E-state index in [1.54, 1.807) is 11.8 Å². The molecule has 1 aliphatic rings. The summed E-state index contributed by atoms with van der Waals surface area (Å²) in [5, 5.41) is 5.83. The van der Waals surface area contributed by atoms with Gasteiger partial charge in [0.2, 0.25) is 0 Å². The largest absolute Gasteiger partial charge is 0.446 e. The zero-order chi connectivity index (χ0) is 19.1. The average Bonchev–Trinajstić information content (AvgIpc) is 2.69. The van der Waals surface area contributed by atoms with Gasteiger partial charge in [0.05, 0.1) is 5.56 Å². The van der Waals surface area contributed by atoms with Crippen molar-refractivity contribution in [2.75, 3.05) is 11.6 Å². The van der Waals surface area contributed by atoms with Gasteiger partial charge in [0, 0.05) is 23.0 Å². The number of hydrogen-bond donors (Lipinski definition) is 2. The van der Waals surface area contributed by atoms with Gasteiger partial charge in [-0.3, -0.25) is 10.1 Å². The maximum absolute atomic E-state index is 12.6. The Labute approximate surface area is 163 Å². The fourth-order valence-corrected chi connectivity index (χ4v) is 3.89. The Morgan fingerprint density at radius 1 is 1.04 bits per heavy atom. The van der Waals surface area contributed by atoms with Gasteiger partial charge in [0.1, 0.15) is 6.10 Å². The Kier molecular flexibility index (Phi) is 6.76. The van der Waals surface area contributed by atoms with E-state index in [0.29, 0.717) is 17.7 Å². The maximum atomic E-state index is 12.6. The Morgan fingerprint density at radius 3 is 2.56 bits per heavy atom. The summed E-state index contributed by atoms with van der Waals surface area (Å²) in [4.78, 5) is 25.7. The predicted molar refractivity (Wildman–Crippen MR) is 108 cm³/mol. The molecule has 5 nitrogen and oxygen atoms in total. The molecule has 1 aliphatic carbocycles. The fraction of sp³-hybridized carbons (Fsp3) is 0.333. The highest BCUT2D eigenvalue weighted by atomic mass is 32.2. The zero-order valence-electron chi connectivity index (χ0n) is 15.3. The second-order valence-corrected chi connectivity index (χ2v) is 7.40. The van der Waals surface area contributed by atoms with Gasteiger partial charge in [-0.05, 0) is 49.8 Å². The predicted octanol–water partition coefficient (Wildman–Crippen LogP) is 4.70. The first-order valence-electron chi connectivity index (χ1n) is 9.12. The molecule has 142 valence electrons. The minimum atomic E-state index is -0.453. The van der Waals surface area contributed by atoms with Gasteiger partial charge < -0.3 is 10.1 Å². The first-order valence-corrected chi connectivity index (χ1v) is 10.3. The number of rotatable bonds is 5. The third-order valence-corrected chi connectivity index (χ3v) is 5.40. The number of nitrogens with one attached hydrogen (secondary N) is 2. The summed E-state index contributed by atoms with van der Waals surface area (Å²) in [7, 11) is 0. The van der Waals surface area contributed by atoms with Gasteiger partial charge in [-0.1, -0.05) is 30.3 Å². The molecule has 0 aliphatic heterocycles. The van der Waals surface area contributed by atoms with E-state index >= 15 is 0 Å². The lowest BCUT2D eigenvalue weighted by Crippen LogP contribution is -2.41. The number of benzene rings is 2. The molecule has 1 saturated carbocycles. The van der Waals surface area contributed by atoms with Crippen LogP contribution in [0.5, 0.6) is 0 Å². The molecule has 2 aromatic rings. The first-order chi connectivity index (χ1) is 13.2. The van der Waals surface area contributed by atoms with Crippen LogP contribution in [-0.2, 0) is 4.74 Å². The summed E-state index contributed by atoms with van der Waals surface area (Å²) in [6.45, 7) is 0. The van der Waals surface area contributed by atoms with Crippen molar-refractivity contribution in [3.63, 3.8) is 0 Å². The summed E-state index contributed by atoms with van der Waals surface area (Å²) >= 11 is 1.56. The number of ether oxygens (including phenoxy) is 1. The minimum Gasteiger partial charge on any atom is -0.446 e. The van der Waals surface area contributed by atoms with Crippen LogP contribution >= 0.6 is 11.8 Å². The number of carbonyl (C=O) groups excluding carboxylic acids is 2. The molecule has 0 aromatic heterocycles. The first kappa shape index (κ1) is 19.3. The number of para-hydroxylation sites is 1. The van der Waals surface area contributed by atoms with E-state index < -0.39 is 6.09 Å². The van der Waals surface area contributed by atoms with Crippen molar-refractivity contribution >= 4 is 29.4 Å². The summed E-state index contributed by atoms with van der Waals surface area (Å²) < 4.78 is 5.55. The van der Waals surface area contributed by atoms with Crippen LogP contribution in [0.1, 0.15) is 36.0 Å². The molecule has 0 bridgehead atoms. The molecule has 3 rings (SSSR count). The quantitative estimate of drug-likeness (QED) is 0.734. The van der Waals surface area contributed by atoms with E-state index in [0.717, 1.165) is 24.2 Å². The molecule has 2 amide bonds. The van der Waals surface area contributed by atoms with Crippen LogP contribution in [0.3, 0.4) is 0 Å². The smallest absolute Gasteiger partial charge is 0.411 e. The molecule has 2 aromatic carbocycles. The van der Waals surface area contributed by atoms with Crippen LogP contribution in [0, 0.1) is 0 Å². The van der Waals surface area contributed by atoms with Crippen molar-refractivity contribution in [2.45, 2.75) is 42.7 Å². The standard InChI is InChI=1S/C21H24N2O3S/c1-27-19-13-6-5-12-18(19)20(24)22-16-10-7-11-17(14-16)26-21(25)23-15-8-3-2-4-9-15/h2-6,8-9,12-13,16-17H,7,10-11,14H2,1H3,(H,22,24)(H,23,25). The van der Waals surface area contributed by atoms with Gasteiger partial charge in [0.15, 0.2) is 0 Å². The molecular formula is C21H24N2O3S. The third-order valence-electron chi connectivity index (χ3n) is 4.61. The lowest BCUT2D eigenvalue weighted by molar-refractivity contribution is 0.0711. The number of thioether (sulfide) groups is 1. The van der Waals surface area contributed by atoms with E-state index in [-0.39, 0.29) is 18.1 Å². The third kappa shape index (κ3) is 5.50. The lowest BCUT2D eigenvalue weighted by Gasteiger charge is -2.29. The normalized spacial score (nSPS) is 19.1. The van der Waals surface area contributed by atoms with Crippen LogP contribution in [0.4, 0.5) is 10.5 Å². The molecule has 1 fully saturated rings. The number of carbonyl (C=O) groups is 2. The molecular weight excluding hydrogens is 360 g/mol. The number of anilines is 1. The maximum Gasteiger partial charge on any atom is 0.411 e. The molecule has 0 saturated heterocycles. The van der Waals surface area contributed by atoms with Crippen LogP contribution < -0.4 is 10.6 Å². The molecule has 27 heavy (non-hydrogen) atoms. The molecule has 2 unspecified atom stereocenters. The highest BCUT2D eigenvalue weighted by Crippen LogP contribution is 2.24. The Bertz CT molecular complexity index is 782. The van der Waals surface area contributed by atoms with Crippen molar-refractivity contribution in [1.82, 2.24) is 5.32 Å². The molecule has 0 spiro atoms. The van der Waals surface area contributed by atoms with Gasteiger partial charge in [-0.2, -0.15) is 0 Å². The average molecular weight is 385 g/mol. The van der Waals surface area contributed by atoms with E-state index in [1.165, 1.54) is 0 Å². The van der Waals surface area contributed by atoms with E-state index in [1.807, 2.05) is 60.9 Å². The number of hydrogen-bond acceptors (Lipinski definition) is 4. The van der Waals surface area contributed by atoms with E-state index in [2.05, 4.69) is 10.6 Å². The summed E-state index contributed by atoms with van der Waals surface area (Å²) in [5.41, 5.74) is 1.40. The van der Waals surface area contributed by atoms with Crippen molar-refractivity contribution in [2.24, 2.45) is 0 Å². The SMILES string of the molecule is CSc1ccccc1C(=O)NC1CCCC(OC(=O)Nc2ccccc2)C1. The van der Waals surface area contributed by atoms with Gasteiger partial charge in [-0.15, -0.1) is 11.8 Å². The fourth-order valence-electron chi connectivity index (χ4n) is 3.30. The Morgan fingerprint density at radius 2 is 1.78 bits per heavy atom. The highest BCUT2D eigenvalue weighted by Gasteiger charge is 2.26. The monoisotopic (exact) mass is 384 g/mol. The van der Waals surface area contributed by atoms with Crippen LogP contribution in [0.2, 0.25) is 0 Å². The summed E-state index contributed by atoms with van der Waals surface area (Å²) in [5.74, 6) is -0.0701. The Balaban J connectivity index is 1.53. The molecule has 0 heterocycles. The summed E-state index contributed by atoms with van der Waals surface area (Å²) in [6, 6.07) is 16.8. The summed E-state index contributed by atoms with van der Waals surface area (Å²) in [6.07, 6.45) is 4.58. The van der Waals surface area contributed by atoms with Gasteiger partial charge in [0.25, 0.3) is 5.91 Å². The number of amides is 2. The van der Waals surface area contributed by atoms with Crippen molar-refractivity contribution in [3.8, 4) is 0 Å². The van der Waals surface area contributed by atoms with Crippen LogP contribution in [-0.4, -0.2) is 30.4 Å². The molecule has 2 N–H and O–H groups in total. The minimum absolute atomic E-state index is 0.00990. The van der Waals surface area contributed by atoms with Gasteiger partial charge >= 0.3 is 6.09 Å². The topological polar surface area (TPSA) is 67.4 Å². The van der Waals surface area contributed by atoms with Crippen molar-refractivity contribution in [1.29, 1.82) is 0 Å².